The van der Waals surface area contributed by atoms with E-state index in [9.17, 15) is 5.11 Å². The Hall–Kier alpha value is -1.66. The Morgan fingerprint density at radius 1 is 1.24 bits per heavy atom. The lowest BCUT2D eigenvalue weighted by Gasteiger charge is -2.30. The van der Waals surface area contributed by atoms with Crippen molar-refractivity contribution < 1.29 is 5.11 Å². The average molecular weight is 343 g/mol. The molecule has 0 bridgehead atoms. The molecule has 1 aliphatic carbocycles. The third-order valence-corrected chi connectivity index (χ3v) is 5.85. The number of hydrogen-bond acceptors (Lipinski definition) is 4. The monoisotopic (exact) mass is 343 g/mol. The highest BCUT2D eigenvalue weighted by Crippen LogP contribution is 2.30. The van der Waals surface area contributed by atoms with E-state index < -0.39 is 0 Å². The van der Waals surface area contributed by atoms with E-state index in [-0.39, 0.29) is 6.61 Å². The van der Waals surface area contributed by atoms with Crippen molar-refractivity contribution in [2.24, 2.45) is 0 Å². The molecule has 1 N–H and O–H groups in total. The first-order valence-electron chi connectivity index (χ1n) is 9.71. The lowest BCUT2D eigenvalue weighted by Crippen LogP contribution is -2.32. The van der Waals surface area contributed by atoms with Crippen molar-refractivity contribution in [3.63, 3.8) is 0 Å². The van der Waals surface area contributed by atoms with Crippen LogP contribution < -0.4 is 0 Å². The van der Waals surface area contributed by atoms with Gasteiger partial charge < -0.3 is 9.67 Å². The Kier molecular flexibility index (Phi) is 4.90. The first-order valence-corrected chi connectivity index (χ1v) is 9.71. The molecule has 0 unspecified atom stereocenters. The Bertz CT molecular complexity index is 713. The van der Waals surface area contributed by atoms with Gasteiger partial charge in [-0.1, -0.05) is 19.3 Å². The smallest absolute Gasteiger partial charge is 0.0951 e. The predicted molar refractivity (Wildman–Crippen MR) is 96.0 cm³/mol. The number of hydrogen-bond donors (Lipinski definition) is 1. The number of nitrogens with zero attached hydrogens (tertiary/aromatic N) is 5. The second-order valence-electron chi connectivity index (χ2n) is 7.39. The van der Waals surface area contributed by atoms with E-state index >= 15 is 0 Å². The lowest BCUT2D eigenvalue weighted by atomic mass is 9.95. The van der Waals surface area contributed by atoms with Gasteiger partial charge in [0.1, 0.15) is 0 Å². The van der Waals surface area contributed by atoms with E-state index in [0.29, 0.717) is 6.04 Å². The zero-order valence-corrected chi connectivity index (χ0v) is 15.2. The van der Waals surface area contributed by atoms with Crippen LogP contribution in [-0.4, -0.2) is 35.9 Å². The third kappa shape index (κ3) is 3.25. The highest BCUT2D eigenvalue weighted by Gasteiger charge is 2.25. The minimum atomic E-state index is 0.0309. The van der Waals surface area contributed by atoms with Crippen molar-refractivity contribution in [1.82, 2.24) is 24.2 Å². The van der Waals surface area contributed by atoms with Gasteiger partial charge in [-0.05, 0) is 19.8 Å². The molecule has 4 rings (SSSR count). The summed E-state index contributed by atoms with van der Waals surface area (Å²) in [6.07, 6.45) is 11.7. The van der Waals surface area contributed by atoms with Crippen LogP contribution in [0.2, 0.25) is 0 Å². The largest absolute Gasteiger partial charge is 0.390 e. The van der Waals surface area contributed by atoms with E-state index in [0.717, 1.165) is 38.3 Å². The molecule has 2 aromatic rings. The molecule has 6 heteroatoms. The number of aliphatic hydroxyl groups is 1. The maximum Gasteiger partial charge on any atom is 0.0951 e. The van der Waals surface area contributed by atoms with Crippen LogP contribution in [0.25, 0.3) is 0 Å². The van der Waals surface area contributed by atoms with Crippen LogP contribution in [0.3, 0.4) is 0 Å². The van der Waals surface area contributed by atoms with Crippen LogP contribution in [0.5, 0.6) is 0 Å². The Balaban J connectivity index is 1.50. The maximum absolute atomic E-state index is 9.65. The van der Waals surface area contributed by atoms with Crippen molar-refractivity contribution >= 4 is 0 Å². The van der Waals surface area contributed by atoms with E-state index in [1.807, 2.05) is 12.5 Å². The second kappa shape index (κ2) is 7.30. The van der Waals surface area contributed by atoms with Crippen LogP contribution in [0.15, 0.2) is 12.5 Å². The molecule has 0 aromatic carbocycles. The molecular weight excluding hydrogens is 314 g/mol. The Morgan fingerprint density at radius 3 is 2.84 bits per heavy atom. The standard InChI is InChI=1S/C19H29N5O/c1-2-24-19-8-9-22(12-17(19)18(13-25)21-24)11-16-10-20-14-23(16)15-6-4-3-5-7-15/h10,14-15,25H,2-9,11-13H2,1H3. The molecule has 1 aliphatic heterocycles. The summed E-state index contributed by atoms with van der Waals surface area (Å²) in [6.45, 7) is 5.86. The van der Waals surface area contributed by atoms with Crippen molar-refractivity contribution in [1.29, 1.82) is 0 Å². The zero-order chi connectivity index (χ0) is 17.2. The van der Waals surface area contributed by atoms with Gasteiger partial charge >= 0.3 is 0 Å². The molecule has 0 amide bonds. The molecule has 3 heterocycles. The van der Waals surface area contributed by atoms with Gasteiger partial charge in [0.15, 0.2) is 0 Å². The van der Waals surface area contributed by atoms with Gasteiger partial charge in [0, 0.05) is 56.1 Å². The van der Waals surface area contributed by atoms with Crippen LogP contribution in [0, 0.1) is 0 Å². The quantitative estimate of drug-likeness (QED) is 0.907. The SMILES string of the molecule is CCn1nc(CO)c2c1CCN(Cc1cncn1C1CCCCC1)C2. The number of aryl methyl sites for hydroxylation is 1. The fraction of sp³-hybridized carbons (Fsp3) is 0.684. The van der Waals surface area contributed by atoms with Crippen LogP contribution in [0.4, 0.5) is 0 Å². The second-order valence-corrected chi connectivity index (χ2v) is 7.39. The minimum Gasteiger partial charge on any atom is -0.390 e. The number of imidazole rings is 1. The average Bonchev–Trinajstić information content (AvgIpc) is 3.26. The summed E-state index contributed by atoms with van der Waals surface area (Å²) in [4.78, 5) is 6.91. The van der Waals surface area contributed by atoms with Crippen LogP contribution >= 0.6 is 0 Å². The summed E-state index contributed by atoms with van der Waals surface area (Å²) in [5, 5.41) is 14.2. The molecule has 0 atom stereocenters. The van der Waals surface area contributed by atoms with E-state index in [2.05, 4.69) is 31.2 Å². The Labute approximate surface area is 149 Å². The van der Waals surface area contributed by atoms with Crippen molar-refractivity contribution in [3.05, 3.63) is 35.2 Å². The topological polar surface area (TPSA) is 59.1 Å². The number of aromatic nitrogens is 4. The van der Waals surface area contributed by atoms with E-state index in [1.54, 1.807) is 0 Å². The zero-order valence-electron chi connectivity index (χ0n) is 15.2. The number of fused-ring (bicyclic) bond motifs is 1. The van der Waals surface area contributed by atoms with Gasteiger partial charge in [0.2, 0.25) is 0 Å². The van der Waals surface area contributed by atoms with Gasteiger partial charge in [-0.25, -0.2) is 4.98 Å². The fourth-order valence-electron chi connectivity index (χ4n) is 4.51. The van der Waals surface area contributed by atoms with Gasteiger partial charge in [-0.3, -0.25) is 9.58 Å². The van der Waals surface area contributed by atoms with Gasteiger partial charge in [0.25, 0.3) is 0 Å². The molecule has 1 saturated carbocycles. The summed E-state index contributed by atoms with van der Waals surface area (Å²) in [6, 6.07) is 0.627. The van der Waals surface area contributed by atoms with Crippen molar-refractivity contribution in [3.8, 4) is 0 Å². The first-order chi connectivity index (χ1) is 12.3. The predicted octanol–water partition coefficient (Wildman–Crippen LogP) is 2.66. The summed E-state index contributed by atoms with van der Waals surface area (Å²) in [5.74, 6) is 0. The normalized spacial score (nSPS) is 19.3. The molecule has 2 aromatic heterocycles. The van der Waals surface area contributed by atoms with Crippen molar-refractivity contribution in [2.45, 2.75) is 77.7 Å². The van der Waals surface area contributed by atoms with Gasteiger partial charge in [-0.15, -0.1) is 0 Å². The molecule has 1 fully saturated rings. The number of rotatable bonds is 5. The Morgan fingerprint density at radius 2 is 2.08 bits per heavy atom. The molecule has 25 heavy (non-hydrogen) atoms. The third-order valence-electron chi connectivity index (χ3n) is 5.85. The maximum atomic E-state index is 9.65. The van der Waals surface area contributed by atoms with Crippen LogP contribution in [-0.2, 0) is 32.7 Å². The van der Waals surface area contributed by atoms with Crippen LogP contribution in [0.1, 0.15) is 67.7 Å². The summed E-state index contributed by atoms with van der Waals surface area (Å²) in [5.41, 5.74) is 4.72. The lowest BCUT2D eigenvalue weighted by molar-refractivity contribution is 0.226. The highest BCUT2D eigenvalue weighted by atomic mass is 16.3. The summed E-state index contributed by atoms with van der Waals surface area (Å²) >= 11 is 0. The molecular formula is C19H29N5O. The van der Waals surface area contributed by atoms with Gasteiger partial charge in [-0.2, -0.15) is 5.10 Å². The number of aliphatic hydroxyl groups excluding tert-OH is 1. The van der Waals surface area contributed by atoms with E-state index in [1.165, 1.54) is 49.1 Å². The molecule has 6 nitrogen and oxygen atoms in total. The fourth-order valence-corrected chi connectivity index (χ4v) is 4.51. The van der Waals surface area contributed by atoms with Gasteiger partial charge in [0.05, 0.1) is 24.3 Å². The van der Waals surface area contributed by atoms with E-state index in [4.69, 9.17) is 0 Å². The molecule has 0 spiro atoms. The minimum absolute atomic E-state index is 0.0309. The molecule has 136 valence electrons. The summed E-state index contributed by atoms with van der Waals surface area (Å²) in [7, 11) is 0. The molecule has 2 aliphatic rings. The molecule has 0 radical (unpaired) electrons. The van der Waals surface area contributed by atoms with Crippen molar-refractivity contribution in [2.75, 3.05) is 6.54 Å². The highest BCUT2D eigenvalue weighted by molar-refractivity contribution is 5.28. The summed E-state index contributed by atoms with van der Waals surface area (Å²) < 4.78 is 4.47. The first kappa shape index (κ1) is 16.8. The molecule has 0 saturated heterocycles.